The first-order chi connectivity index (χ1) is 7.92. The Hall–Kier alpha value is -0.810. The topological polar surface area (TPSA) is 29.0 Å². The summed E-state index contributed by atoms with van der Waals surface area (Å²) in [4.78, 5) is 11.3. The van der Waals surface area contributed by atoms with E-state index in [1.807, 2.05) is 0 Å². The second-order valence-electron chi connectivity index (χ2n) is 4.33. The molecule has 3 nitrogen and oxygen atoms in total. The van der Waals surface area contributed by atoms with Crippen molar-refractivity contribution in [3.05, 3.63) is 17.8 Å². The van der Waals surface area contributed by atoms with Crippen molar-refractivity contribution in [2.75, 3.05) is 17.2 Å². The fourth-order valence-electron chi connectivity index (χ4n) is 2.64. The van der Waals surface area contributed by atoms with Crippen molar-refractivity contribution in [2.45, 2.75) is 17.7 Å². The lowest BCUT2D eigenvalue weighted by Crippen LogP contribution is -2.34. The van der Waals surface area contributed by atoms with Crippen molar-refractivity contribution in [2.24, 2.45) is 0 Å². The van der Waals surface area contributed by atoms with E-state index < -0.39 is 0 Å². The fourth-order valence-corrected chi connectivity index (χ4v) is 4.92. The molecule has 0 radical (unpaired) electrons. The van der Waals surface area contributed by atoms with Crippen LogP contribution in [0.4, 0.5) is 5.82 Å². The predicted molar refractivity (Wildman–Crippen MR) is 69.4 cm³/mol. The molecule has 0 aliphatic carbocycles. The van der Waals surface area contributed by atoms with Crippen LogP contribution in [0.3, 0.4) is 0 Å². The molecule has 0 amide bonds. The SMILES string of the molecule is c1nc(N2CC3CC2CS3)c2sccc2n1. The highest BCUT2D eigenvalue weighted by atomic mass is 32.2. The number of thiophene rings is 1. The van der Waals surface area contributed by atoms with Crippen LogP contribution in [0, 0.1) is 0 Å². The molecular weight excluding hydrogens is 238 g/mol. The van der Waals surface area contributed by atoms with Gasteiger partial charge in [0.25, 0.3) is 0 Å². The van der Waals surface area contributed by atoms with E-state index in [0.717, 1.165) is 16.6 Å². The van der Waals surface area contributed by atoms with Crippen LogP contribution in [0.1, 0.15) is 6.42 Å². The van der Waals surface area contributed by atoms with Crippen molar-refractivity contribution in [3.63, 3.8) is 0 Å². The molecule has 0 saturated carbocycles. The Kier molecular flexibility index (Phi) is 1.93. The predicted octanol–water partition coefficient (Wildman–Crippen LogP) is 2.39. The maximum absolute atomic E-state index is 4.50. The van der Waals surface area contributed by atoms with E-state index in [9.17, 15) is 0 Å². The van der Waals surface area contributed by atoms with Gasteiger partial charge in [0, 0.05) is 23.6 Å². The molecule has 0 spiro atoms. The van der Waals surface area contributed by atoms with Gasteiger partial charge < -0.3 is 4.90 Å². The third kappa shape index (κ3) is 1.21. The van der Waals surface area contributed by atoms with E-state index in [4.69, 9.17) is 0 Å². The molecule has 2 saturated heterocycles. The van der Waals surface area contributed by atoms with Crippen LogP contribution in [0.15, 0.2) is 17.8 Å². The largest absolute Gasteiger partial charge is 0.350 e. The summed E-state index contributed by atoms with van der Waals surface area (Å²) in [5.74, 6) is 2.43. The quantitative estimate of drug-likeness (QED) is 0.776. The van der Waals surface area contributed by atoms with E-state index >= 15 is 0 Å². The standard InChI is InChI=1S/C11H11N3S2/c1-2-15-10-9(1)12-6-13-11(10)14-4-8-3-7(14)5-16-8/h1-2,6-8H,3-5H2. The summed E-state index contributed by atoms with van der Waals surface area (Å²) in [7, 11) is 0. The molecule has 4 rings (SSSR count). The van der Waals surface area contributed by atoms with Crippen LogP contribution in [0.25, 0.3) is 10.2 Å². The van der Waals surface area contributed by atoms with Crippen molar-refractivity contribution in [1.29, 1.82) is 0 Å². The zero-order valence-electron chi connectivity index (χ0n) is 8.67. The molecule has 0 N–H and O–H groups in total. The highest BCUT2D eigenvalue weighted by Gasteiger charge is 2.39. The minimum absolute atomic E-state index is 0.704. The maximum atomic E-state index is 4.50. The van der Waals surface area contributed by atoms with Crippen molar-refractivity contribution >= 4 is 39.1 Å². The third-order valence-corrected chi connectivity index (χ3v) is 5.69. The highest BCUT2D eigenvalue weighted by molar-refractivity contribution is 8.00. The van der Waals surface area contributed by atoms with Gasteiger partial charge in [-0.1, -0.05) is 0 Å². The van der Waals surface area contributed by atoms with E-state index in [1.54, 1.807) is 17.7 Å². The molecule has 2 aliphatic heterocycles. The zero-order valence-corrected chi connectivity index (χ0v) is 10.3. The zero-order chi connectivity index (χ0) is 10.5. The Labute approximate surface area is 102 Å². The Balaban J connectivity index is 1.84. The molecule has 2 aromatic heterocycles. The molecule has 4 heterocycles. The Bertz CT molecular complexity index is 539. The van der Waals surface area contributed by atoms with Gasteiger partial charge in [0.2, 0.25) is 0 Å². The van der Waals surface area contributed by atoms with Gasteiger partial charge in [-0.15, -0.1) is 11.3 Å². The summed E-state index contributed by atoms with van der Waals surface area (Å²) in [5, 5.41) is 2.93. The lowest BCUT2D eigenvalue weighted by atomic mass is 10.2. The van der Waals surface area contributed by atoms with E-state index in [-0.39, 0.29) is 0 Å². The minimum atomic E-state index is 0.704. The summed E-state index contributed by atoms with van der Waals surface area (Å²) < 4.78 is 1.25. The number of nitrogens with zero attached hydrogens (tertiary/aromatic N) is 3. The first-order valence-electron chi connectivity index (χ1n) is 5.48. The van der Waals surface area contributed by atoms with Gasteiger partial charge in [-0.2, -0.15) is 11.8 Å². The lowest BCUT2D eigenvalue weighted by Gasteiger charge is -2.27. The summed E-state index contributed by atoms with van der Waals surface area (Å²) in [6.07, 6.45) is 3.03. The maximum Gasteiger partial charge on any atom is 0.150 e. The Morgan fingerprint density at radius 2 is 2.38 bits per heavy atom. The summed E-state index contributed by atoms with van der Waals surface area (Å²) in [6.45, 7) is 1.17. The molecule has 2 aromatic rings. The summed E-state index contributed by atoms with van der Waals surface area (Å²) in [6, 6.07) is 2.78. The Morgan fingerprint density at radius 3 is 3.19 bits per heavy atom. The van der Waals surface area contributed by atoms with Gasteiger partial charge in [-0.3, -0.25) is 0 Å². The van der Waals surface area contributed by atoms with Gasteiger partial charge in [0.1, 0.15) is 12.1 Å². The number of thioether (sulfide) groups is 1. The summed E-state index contributed by atoms with van der Waals surface area (Å²) in [5.41, 5.74) is 1.09. The monoisotopic (exact) mass is 249 g/mol. The van der Waals surface area contributed by atoms with Gasteiger partial charge in [-0.25, -0.2) is 9.97 Å². The van der Waals surface area contributed by atoms with Crippen molar-refractivity contribution in [1.82, 2.24) is 9.97 Å². The smallest absolute Gasteiger partial charge is 0.150 e. The number of rotatable bonds is 1. The molecule has 2 bridgehead atoms. The number of aromatic nitrogens is 2. The van der Waals surface area contributed by atoms with Gasteiger partial charge >= 0.3 is 0 Å². The van der Waals surface area contributed by atoms with Crippen LogP contribution >= 0.6 is 23.1 Å². The number of anilines is 1. The number of hydrogen-bond donors (Lipinski definition) is 0. The molecule has 2 fully saturated rings. The molecule has 0 aromatic carbocycles. The van der Waals surface area contributed by atoms with Crippen LogP contribution < -0.4 is 4.90 Å². The number of fused-ring (bicyclic) bond motifs is 3. The normalized spacial score (nSPS) is 28.1. The second kappa shape index (κ2) is 3.34. The summed E-state index contributed by atoms with van der Waals surface area (Å²) >= 11 is 3.87. The lowest BCUT2D eigenvalue weighted by molar-refractivity contribution is 0.755. The van der Waals surface area contributed by atoms with Crippen LogP contribution in [0.2, 0.25) is 0 Å². The average molecular weight is 249 g/mol. The molecule has 5 heteroatoms. The second-order valence-corrected chi connectivity index (χ2v) is 6.58. The third-order valence-electron chi connectivity index (χ3n) is 3.40. The minimum Gasteiger partial charge on any atom is -0.350 e. The van der Waals surface area contributed by atoms with Crippen molar-refractivity contribution < 1.29 is 0 Å². The van der Waals surface area contributed by atoms with Crippen LogP contribution in [-0.4, -0.2) is 33.6 Å². The van der Waals surface area contributed by atoms with Crippen LogP contribution in [0.5, 0.6) is 0 Å². The molecule has 82 valence electrons. The highest BCUT2D eigenvalue weighted by Crippen LogP contribution is 2.41. The molecular formula is C11H11N3S2. The van der Waals surface area contributed by atoms with E-state index in [0.29, 0.717) is 6.04 Å². The van der Waals surface area contributed by atoms with Gasteiger partial charge in [0.05, 0.1) is 10.2 Å². The molecule has 2 unspecified atom stereocenters. The molecule has 16 heavy (non-hydrogen) atoms. The van der Waals surface area contributed by atoms with E-state index in [2.05, 4.69) is 38.1 Å². The van der Waals surface area contributed by atoms with E-state index in [1.165, 1.54) is 23.4 Å². The molecule has 2 aliphatic rings. The average Bonchev–Trinajstić information content (AvgIpc) is 3.03. The fraction of sp³-hybridized carbons (Fsp3) is 0.455. The van der Waals surface area contributed by atoms with Gasteiger partial charge in [-0.05, 0) is 17.9 Å². The van der Waals surface area contributed by atoms with Crippen molar-refractivity contribution in [3.8, 4) is 0 Å². The molecule has 2 atom stereocenters. The van der Waals surface area contributed by atoms with Crippen LogP contribution in [-0.2, 0) is 0 Å². The first kappa shape index (κ1) is 9.24. The Morgan fingerprint density at radius 1 is 1.38 bits per heavy atom. The number of hydrogen-bond acceptors (Lipinski definition) is 5. The first-order valence-corrected chi connectivity index (χ1v) is 7.41. The van der Waals surface area contributed by atoms with Gasteiger partial charge in [0.15, 0.2) is 0 Å².